The molecule has 2 amide bonds. The first-order valence-corrected chi connectivity index (χ1v) is 12.7. The Bertz CT molecular complexity index is 1560. The summed E-state index contributed by atoms with van der Waals surface area (Å²) in [5.41, 5.74) is 4.40. The number of hydrogen-bond donors (Lipinski definition) is 1. The van der Waals surface area contributed by atoms with Crippen molar-refractivity contribution >= 4 is 45.9 Å². The lowest BCUT2D eigenvalue weighted by molar-refractivity contribution is -0.117. The second-order valence-electron chi connectivity index (χ2n) is 9.01. The van der Waals surface area contributed by atoms with E-state index in [1.807, 2.05) is 69.3 Å². The number of carbonyl (C=O) groups excluding carboxylic acids is 2. The topological polar surface area (TPSA) is 84.3 Å². The minimum Gasteiger partial charge on any atom is -0.324 e. The molecule has 1 atom stereocenters. The van der Waals surface area contributed by atoms with Gasteiger partial charge in [-0.1, -0.05) is 48.2 Å². The Hall–Kier alpha value is -3.91. The summed E-state index contributed by atoms with van der Waals surface area (Å²) in [5, 5.41) is 3.86. The van der Waals surface area contributed by atoms with Gasteiger partial charge in [0.1, 0.15) is 0 Å². The van der Waals surface area contributed by atoms with Crippen molar-refractivity contribution in [2.75, 3.05) is 16.0 Å². The number of benzene rings is 3. The number of nitrogens with one attached hydrogen (secondary N) is 1. The van der Waals surface area contributed by atoms with Gasteiger partial charge in [-0.05, 0) is 62.2 Å². The summed E-state index contributed by atoms with van der Waals surface area (Å²) in [7, 11) is 0. The van der Waals surface area contributed by atoms with Gasteiger partial charge in [0.25, 0.3) is 5.56 Å². The number of thioether (sulfide) groups is 1. The monoisotopic (exact) mass is 498 g/mol. The van der Waals surface area contributed by atoms with E-state index in [1.54, 1.807) is 27.7 Å². The first kappa shape index (κ1) is 23.8. The highest BCUT2D eigenvalue weighted by molar-refractivity contribution is 7.99. The molecule has 1 unspecified atom stereocenters. The Balaban J connectivity index is 1.55. The first-order valence-electron chi connectivity index (χ1n) is 11.8. The highest BCUT2D eigenvalue weighted by atomic mass is 32.2. The molecule has 1 aliphatic heterocycles. The maximum absolute atomic E-state index is 13.6. The van der Waals surface area contributed by atoms with E-state index < -0.39 is 0 Å². The minimum atomic E-state index is -0.312. The molecule has 0 saturated carbocycles. The molecule has 1 aliphatic rings. The summed E-state index contributed by atoms with van der Waals surface area (Å²) in [6.07, 6.45) is 0.201. The number of nitrogens with zero attached hydrogens (tertiary/aromatic N) is 3. The van der Waals surface area contributed by atoms with Crippen LogP contribution in [0.15, 0.2) is 76.7 Å². The number of fused-ring (bicyclic) bond motifs is 2. The zero-order chi connectivity index (χ0) is 25.4. The molecule has 7 nitrogen and oxygen atoms in total. The Morgan fingerprint density at radius 3 is 2.61 bits per heavy atom. The number of anilines is 2. The van der Waals surface area contributed by atoms with Crippen LogP contribution in [0.5, 0.6) is 0 Å². The zero-order valence-electron chi connectivity index (χ0n) is 20.3. The number of aryl methyl sites for hydroxylation is 2. The van der Waals surface area contributed by atoms with Gasteiger partial charge >= 0.3 is 0 Å². The van der Waals surface area contributed by atoms with Gasteiger partial charge in [0, 0.05) is 12.5 Å². The maximum atomic E-state index is 13.6. The largest absolute Gasteiger partial charge is 0.324 e. The quantitative estimate of drug-likeness (QED) is 0.321. The van der Waals surface area contributed by atoms with Crippen LogP contribution in [0.4, 0.5) is 11.4 Å². The summed E-state index contributed by atoms with van der Waals surface area (Å²) in [5.74, 6) is -0.230. The van der Waals surface area contributed by atoms with Crippen LogP contribution >= 0.6 is 11.8 Å². The van der Waals surface area contributed by atoms with Gasteiger partial charge < -0.3 is 10.2 Å². The lowest BCUT2D eigenvalue weighted by Gasteiger charge is -2.27. The Morgan fingerprint density at radius 2 is 1.78 bits per heavy atom. The fourth-order valence-electron chi connectivity index (χ4n) is 4.55. The van der Waals surface area contributed by atoms with Crippen molar-refractivity contribution in [1.82, 2.24) is 9.55 Å². The molecule has 1 N–H and O–H groups in total. The van der Waals surface area contributed by atoms with Gasteiger partial charge in [-0.15, -0.1) is 0 Å². The van der Waals surface area contributed by atoms with E-state index in [4.69, 9.17) is 4.98 Å². The number of rotatable bonds is 4. The van der Waals surface area contributed by atoms with Crippen molar-refractivity contribution in [3.8, 4) is 5.69 Å². The number of amides is 2. The molecular formula is C28H26N4O3S. The second kappa shape index (κ2) is 9.62. The molecule has 1 aromatic heterocycles. The molecule has 2 heterocycles. The van der Waals surface area contributed by atoms with E-state index in [2.05, 4.69) is 5.32 Å². The Labute approximate surface area is 213 Å². The smallest absolute Gasteiger partial charge is 0.266 e. The van der Waals surface area contributed by atoms with Gasteiger partial charge in [0.15, 0.2) is 5.16 Å². The minimum absolute atomic E-state index is 0.0580. The molecule has 0 fully saturated rings. The lowest BCUT2D eigenvalue weighted by atomic mass is 10.1. The molecule has 8 heteroatoms. The van der Waals surface area contributed by atoms with Gasteiger partial charge in [-0.2, -0.15) is 0 Å². The van der Waals surface area contributed by atoms with Crippen LogP contribution in [0.25, 0.3) is 16.6 Å². The summed E-state index contributed by atoms with van der Waals surface area (Å²) < 4.78 is 1.60. The number of aromatic nitrogens is 2. The van der Waals surface area contributed by atoms with Gasteiger partial charge in [-0.3, -0.25) is 19.0 Å². The van der Waals surface area contributed by atoms with Crippen molar-refractivity contribution < 1.29 is 9.59 Å². The van der Waals surface area contributed by atoms with Gasteiger partial charge in [0.2, 0.25) is 11.8 Å². The van der Waals surface area contributed by atoms with E-state index in [9.17, 15) is 14.4 Å². The predicted molar refractivity (Wildman–Crippen MR) is 144 cm³/mol. The molecule has 182 valence electrons. The normalized spacial score (nSPS) is 15.4. The molecule has 0 saturated heterocycles. The predicted octanol–water partition coefficient (Wildman–Crippen LogP) is 4.86. The number of hydrogen-bond acceptors (Lipinski definition) is 5. The highest BCUT2D eigenvalue weighted by Crippen LogP contribution is 2.32. The Kier molecular flexibility index (Phi) is 6.36. The molecule has 36 heavy (non-hydrogen) atoms. The van der Waals surface area contributed by atoms with Crippen molar-refractivity contribution in [3.05, 3.63) is 88.2 Å². The fourth-order valence-corrected chi connectivity index (χ4v) is 5.41. The molecule has 0 aliphatic carbocycles. The first-order chi connectivity index (χ1) is 17.3. The molecule has 0 bridgehead atoms. The zero-order valence-corrected chi connectivity index (χ0v) is 21.1. The summed E-state index contributed by atoms with van der Waals surface area (Å²) in [6.45, 7) is 5.80. The van der Waals surface area contributed by atoms with Crippen LogP contribution in [0.3, 0.4) is 0 Å². The molecule has 4 aromatic rings. The average molecular weight is 499 g/mol. The number of para-hydroxylation sites is 3. The van der Waals surface area contributed by atoms with Crippen molar-refractivity contribution in [2.24, 2.45) is 0 Å². The lowest BCUT2D eigenvalue weighted by Crippen LogP contribution is -2.40. The fraction of sp³-hybridized carbons (Fsp3) is 0.214. The van der Waals surface area contributed by atoms with Crippen LogP contribution < -0.4 is 15.8 Å². The van der Waals surface area contributed by atoms with Crippen molar-refractivity contribution in [3.63, 3.8) is 0 Å². The average Bonchev–Trinajstić information content (AvgIpc) is 2.98. The SMILES string of the molecule is Cc1ccc(C)c(-n2c(SCC(=O)N3c4ccccc4NC(=O)CC3C)nc3ccccc3c2=O)c1. The Morgan fingerprint density at radius 1 is 1.03 bits per heavy atom. The van der Waals surface area contributed by atoms with Crippen LogP contribution in [-0.2, 0) is 9.59 Å². The maximum Gasteiger partial charge on any atom is 0.266 e. The van der Waals surface area contributed by atoms with E-state index in [1.165, 1.54) is 11.8 Å². The van der Waals surface area contributed by atoms with Crippen molar-refractivity contribution in [2.45, 2.75) is 38.4 Å². The molecule has 0 radical (unpaired) electrons. The van der Waals surface area contributed by atoms with E-state index in [-0.39, 0.29) is 35.6 Å². The standard InChI is InChI=1S/C28H26N4O3S/c1-17-12-13-18(2)24(14-17)32-27(35)20-8-4-5-9-21(20)30-28(32)36-16-26(34)31-19(3)15-25(33)29-22-10-6-7-11-23(22)31/h4-14,19H,15-16H2,1-3H3,(H,29,33). The van der Waals surface area contributed by atoms with Crippen LogP contribution in [-0.4, -0.2) is 33.2 Å². The van der Waals surface area contributed by atoms with Crippen molar-refractivity contribution in [1.29, 1.82) is 0 Å². The van der Waals surface area contributed by atoms with Gasteiger partial charge in [0.05, 0.1) is 33.7 Å². The highest BCUT2D eigenvalue weighted by Gasteiger charge is 2.30. The summed E-state index contributed by atoms with van der Waals surface area (Å²) in [4.78, 5) is 46.0. The van der Waals surface area contributed by atoms with Gasteiger partial charge in [-0.25, -0.2) is 4.98 Å². The van der Waals surface area contributed by atoms with E-state index in [0.29, 0.717) is 27.4 Å². The van der Waals surface area contributed by atoms with E-state index in [0.717, 1.165) is 16.8 Å². The number of carbonyl (C=O) groups is 2. The second-order valence-corrected chi connectivity index (χ2v) is 9.96. The summed E-state index contributed by atoms with van der Waals surface area (Å²) >= 11 is 1.23. The molecular weight excluding hydrogens is 472 g/mol. The molecule has 0 spiro atoms. The third-order valence-electron chi connectivity index (χ3n) is 6.30. The molecule has 5 rings (SSSR count). The third-order valence-corrected chi connectivity index (χ3v) is 7.23. The molecule has 3 aromatic carbocycles. The van der Waals surface area contributed by atoms with Crippen LogP contribution in [0.2, 0.25) is 0 Å². The summed E-state index contributed by atoms with van der Waals surface area (Å²) in [6, 6.07) is 20.2. The van der Waals surface area contributed by atoms with Crippen LogP contribution in [0, 0.1) is 13.8 Å². The third kappa shape index (κ3) is 4.40. The van der Waals surface area contributed by atoms with Crippen LogP contribution in [0.1, 0.15) is 24.5 Å². The van der Waals surface area contributed by atoms with E-state index >= 15 is 0 Å².